The number of aromatic nitrogens is 3. The number of aryl methyl sites for hydroxylation is 1. The van der Waals surface area contributed by atoms with E-state index in [0.29, 0.717) is 12.5 Å². The molecule has 4 rings (SSSR count). The van der Waals surface area contributed by atoms with Crippen molar-refractivity contribution in [1.82, 2.24) is 14.5 Å². The minimum Gasteiger partial charge on any atom is -0.481 e. The van der Waals surface area contributed by atoms with Crippen LogP contribution in [0.25, 0.3) is 16.7 Å². The quantitative estimate of drug-likeness (QED) is 0.729. The largest absolute Gasteiger partial charge is 0.481 e. The Bertz CT molecular complexity index is 901. The first-order valence-corrected chi connectivity index (χ1v) is 8.66. The summed E-state index contributed by atoms with van der Waals surface area (Å²) in [7, 11) is 1.61. The Morgan fingerprint density at radius 2 is 1.92 bits per heavy atom. The molecular weight excluding hydrogens is 332 g/mol. The van der Waals surface area contributed by atoms with Gasteiger partial charge in [-0.05, 0) is 31.2 Å². The standard InChI is InChI=1S/C19H22N4O3/c1-13-21-17-10-20-19(25-2)9-18(17)23(13)15-5-3-14(4-6-15)22-11-16(12-22)26-8-7-24/h3-6,9-10,16,24H,7-8,11-12H2,1-2H3. The fraction of sp³-hybridized carbons (Fsp3) is 0.368. The maximum Gasteiger partial charge on any atom is 0.215 e. The predicted octanol–water partition coefficient (Wildman–Crippen LogP) is 1.94. The van der Waals surface area contributed by atoms with Crippen molar-refractivity contribution in [3.8, 4) is 11.6 Å². The molecule has 2 aromatic heterocycles. The number of aliphatic hydroxyl groups excluding tert-OH is 1. The Morgan fingerprint density at radius 3 is 2.62 bits per heavy atom. The lowest BCUT2D eigenvalue weighted by atomic mass is 10.1. The van der Waals surface area contributed by atoms with Gasteiger partial charge in [-0.1, -0.05) is 0 Å². The van der Waals surface area contributed by atoms with E-state index in [4.69, 9.17) is 14.6 Å². The van der Waals surface area contributed by atoms with E-state index in [2.05, 4.69) is 43.7 Å². The second-order valence-electron chi connectivity index (χ2n) is 6.35. The van der Waals surface area contributed by atoms with Gasteiger partial charge in [-0.2, -0.15) is 0 Å². The lowest BCUT2D eigenvalue weighted by molar-refractivity contribution is 0.0135. The van der Waals surface area contributed by atoms with Crippen LogP contribution in [0.4, 0.5) is 5.69 Å². The van der Waals surface area contributed by atoms with E-state index < -0.39 is 0 Å². The Labute approximate surface area is 151 Å². The molecule has 1 aromatic carbocycles. The summed E-state index contributed by atoms with van der Waals surface area (Å²) in [4.78, 5) is 11.1. The number of anilines is 1. The molecule has 1 aliphatic rings. The molecule has 0 unspecified atom stereocenters. The van der Waals surface area contributed by atoms with E-state index in [1.54, 1.807) is 13.3 Å². The maximum atomic E-state index is 8.81. The van der Waals surface area contributed by atoms with Crippen LogP contribution in [0, 0.1) is 6.92 Å². The Hall–Kier alpha value is -2.64. The molecule has 0 radical (unpaired) electrons. The summed E-state index contributed by atoms with van der Waals surface area (Å²) < 4.78 is 12.9. The van der Waals surface area contributed by atoms with Gasteiger partial charge < -0.3 is 19.5 Å². The van der Waals surface area contributed by atoms with Gasteiger partial charge in [-0.15, -0.1) is 0 Å². The molecule has 0 atom stereocenters. The molecule has 0 aliphatic carbocycles. The van der Waals surface area contributed by atoms with Gasteiger partial charge in [0.15, 0.2) is 0 Å². The van der Waals surface area contributed by atoms with Crippen molar-refractivity contribution in [2.24, 2.45) is 0 Å². The van der Waals surface area contributed by atoms with Gasteiger partial charge in [0.1, 0.15) is 11.3 Å². The summed E-state index contributed by atoms with van der Waals surface area (Å²) >= 11 is 0. The van der Waals surface area contributed by atoms with E-state index in [9.17, 15) is 0 Å². The number of aliphatic hydroxyl groups is 1. The van der Waals surface area contributed by atoms with E-state index in [1.165, 1.54) is 5.69 Å². The van der Waals surface area contributed by atoms with Crippen molar-refractivity contribution < 1.29 is 14.6 Å². The normalized spacial score (nSPS) is 14.7. The molecule has 1 fully saturated rings. The number of rotatable bonds is 6. The van der Waals surface area contributed by atoms with Crippen LogP contribution in [0.3, 0.4) is 0 Å². The SMILES string of the molecule is COc1cc2c(cn1)nc(C)n2-c1ccc(N2CC(OCCO)C2)cc1. The van der Waals surface area contributed by atoms with Gasteiger partial charge in [-0.25, -0.2) is 9.97 Å². The lowest BCUT2D eigenvalue weighted by Gasteiger charge is -2.40. The molecule has 7 nitrogen and oxygen atoms in total. The molecule has 136 valence electrons. The van der Waals surface area contributed by atoms with Gasteiger partial charge in [0.05, 0.1) is 38.1 Å². The summed E-state index contributed by atoms with van der Waals surface area (Å²) in [6.07, 6.45) is 1.94. The molecule has 3 heterocycles. The first-order valence-electron chi connectivity index (χ1n) is 8.66. The maximum absolute atomic E-state index is 8.81. The van der Waals surface area contributed by atoms with E-state index >= 15 is 0 Å². The summed E-state index contributed by atoms with van der Waals surface area (Å²) in [5, 5.41) is 8.81. The van der Waals surface area contributed by atoms with Crippen LogP contribution in [0.15, 0.2) is 36.5 Å². The van der Waals surface area contributed by atoms with Crippen molar-refractivity contribution in [3.63, 3.8) is 0 Å². The van der Waals surface area contributed by atoms with Crippen LogP contribution < -0.4 is 9.64 Å². The smallest absolute Gasteiger partial charge is 0.215 e. The van der Waals surface area contributed by atoms with E-state index in [0.717, 1.165) is 35.6 Å². The predicted molar refractivity (Wildman–Crippen MR) is 99.2 cm³/mol. The summed E-state index contributed by atoms with van der Waals surface area (Å²) in [6, 6.07) is 10.3. The lowest BCUT2D eigenvalue weighted by Crippen LogP contribution is -2.52. The van der Waals surface area contributed by atoms with Crippen molar-refractivity contribution in [1.29, 1.82) is 0 Å². The van der Waals surface area contributed by atoms with Gasteiger partial charge in [0.2, 0.25) is 5.88 Å². The minimum atomic E-state index is 0.0731. The van der Waals surface area contributed by atoms with Crippen LogP contribution in [0.5, 0.6) is 5.88 Å². The number of pyridine rings is 1. The van der Waals surface area contributed by atoms with Crippen molar-refractivity contribution in [3.05, 3.63) is 42.4 Å². The van der Waals surface area contributed by atoms with E-state index in [1.807, 2.05) is 13.0 Å². The van der Waals surface area contributed by atoms with Crippen LogP contribution in [-0.2, 0) is 4.74 Å². The average Bonchev–Trinajstić information content (AvgIpc) is 2.96. The minimum absolute atomic E-state index is 0.0731. The monoisotopic (exact) mass is 354 g/mol. The highest BCUT2D eigenvalue weighted by molar-refractivity contribution is 5.78. The molecule has 1 N–H and O–H groups in total. The summed E-state index contributed by atoms with van der Waals surface area (Å²) in [5.41, 5.74) is 4.04. The van der Waals surface area contributed by atoms with Crippen molar-refractivity contribution >= 4 is 16.7 Å². The van der Waals surface area contributed by atoms with Gasteiger partial charge in [0, 0.05) is 30.5 Å². The zero-order valence-electron chi connectivity index (χ0n) is 14.9. The third-order valence-electron chi connectivity index (χ3n) is 4.66. The molecule has 7 heteroatoms. The number of nitrogens with zero attached hydrogens (tertiary/aromatic N) is 4. The zero-order valence-corrected chi connectivity index (χ0v) is 14.9. The number of fused-ring (bicyclic) bond motifs is 1. The zero-order chi connectivity index (χ0) is 18.1. The second kappa shape index (κ2) is 6.93. The van der Waals surface area contributed by atoms with Gasteiger partial charge >= 0.3 is 0 Å². The number of ether oxygens (including phenoxy) is 2. The molecular formula is C19H22N4O3. The molecule has 0 spiro atoms. The molecule has 26 heavy (non-hydrogen) atoms. The third kappa shape index (κ3) is 3.00. The third-order valence-corrected chi connectivity index (χ3v) is 4.66. The highest BCUT2D eigenvalue weighted by atomic mass is 16.5. The molecule has 3 aromatic rings. The Balaban J connectivity index is 1.56. The number of hydrogen-bond donors (Lipinski definition) is 1. The van der Waals surface area contributed by atoms with Crippen molar-refractivity contribution in [2.75, 3.05) is 38.3 Å². The highest BCUT2D eigenvalue weighted by Crippen LogP contribution is 2.27. The highest BCUT2D eigenvalue weighted by Gasteiger charge is 2.27. The number of methoxy groups -OCH3 is 1. The van der Waals surface area contributed by atoms with Gasteiger partial charge in [0.25, 0.3) is 0 Å². The second-order valence-corrected chi connectivity index (χ2v) is 6.35. The molecule has 1 saturated heterocycles. The Morgan fingerprint density at radius 1 is 1.19 bits per heavy atom. The molecule has 0 bridgehead atoms. The summed E-state index contributed by atoms with van der Waals surface area (Å²) in [6.45, 7) is 4.18. The van der Waals surface area contributed by atoms with Crippen LogP contribution in [-0.4, -0.2) is 59.2 Å². The van der Waals surface area contributed by atoms with Crippen molar-refractivity contribution in [2.45, 2.75) is 13.0 Å². The number of benzene rings is 1. The van der Waals surface area contributed by atoms with Gasteiger partial charge in [-0.3, -0.25) is 4.57 Å². The van der Waals surface area contributed by atoms with E-state index in [-0.39, 0.29) is 12.7 Å². The molecule has 1 aliphatic heterocycles. The van der Waals surface area contributed by atoms with Crippen LogP contribution >= 0.6 is 0 Å². The fourth-order valence-electron chi connectivity index (χ4n) is 3.31. The number of hydrogen-bond acceptors (Lipinski definition) is 6. The van der Waals surface area contributed by atoms with Crippen LogP contribution in [0.1, 0.15) is 5.82 Å². The first kappa shape index (κ1) is 16.8. The van der Waals surface area contributed by atoms with Crippen LogP contribution in [0.2, 0.25) is 0 Å². The average molecular weight is 354 g/mol. The molecule has 0 saturated carbocycles. The fourth-order valence-corrected chi connectivity index (χ4v) is 3.31. The molecule has 0 amide bonds. The Kier molecular flexibility index (Phi) is 4.48. The summed E-state index contributed by atoms with van der Waals surface area (Å²) in [5.74, 6) is 1.48. The first-order chi connectivity index (χ1) is 12.7. The topological polar surface area (TPSA) is 72.6 Å². The number of imidazole rings is 1.